The third-order valence-corrected chi connectivity index (χ3v) is 13.6. The molecule has 3 aliphatic carbocycles. The summed E-state index contributed by atoms with van der Waals surface area (Å²) in [6, 6.07) is 6.63. The quantitative estimate of drug-likeness (QED) is 0.229. The van der Waals surface area contributed by atoms with Gasteiger partial charge in [0.15, 0.2) is 5.78 Å². The van der Waals surface area contributed by atoms with Gasteiger partial charge < -0.3 is 14.3 Å². The predicted molar refractivity (Wildman–Crippen MR) is 136 cm³/mol. The summed E-state index contributed by atoms with van der Waals surface area (Å²) in [7, 11) is -1.90. The van der Waals surface area contributed by atoms with Crippen LogP contribution in [0.25, 0.3) is 0 Å². The second-order valence-corrected chi connectivity index (χ2v) is 16.9. The number of allylic oxidation sites excluding steroid dienone is 1. The number of benzene rings is 1. The standard InChI is InChI=1S/C28H40O5Si/c1-8-32-26(31)24(29)22-16-23-21-11-9-17-15-18(33-34(6,7)27(2,3)4)10-12-19(17)20(21)13-14-28(23,5)25(22)30/h10,12,15,20-21,23,29H,8-9,11,13-14,16H2,1-7H3/b24-22-/t20?,21?,23?,28-/m0/s1. The van der Waals surface area contributed by atoms with Gasteiger partial charge in [-0.05, 0) is 98.2 Å². The number of Topliss-reactive ketones (excluding diaryl/α,β-unsaturated/α-hetero) is 1. The van der Waals surface area contributed by atoms with Crippen molar-refractivity contribution in [2.45, 2.75) is 90.8 Å². The van der Waals surface area contributed by atoms with Crippen LogP contribution < -0.4 is 4.43 Å². The smallest absolute Gasteiger partial charge is 0.373 e. The fourth-order valence-electron chi connectivity index (χ4n) is 6.23. The number of carbonyl (C=O) groups excluding carboxylic acids is 2. The average molecular weight is 485 g/mol. The molecule has 1 aromatic carbocycles. The molecule has 34 heavy (non-hydrogen) atoms. The molecule has 0 aromatic heterocycles. The van der Waals surface area contributed by atoms with Crippen molar-refractivity contribution in [1.29, 1.82) is 0 Å². The Hall–Kier alpha value is -2.08. The Morgan fingerprint density at radius 3 is 2.59 bits per heavy atom. The number of ketones is 1. The Morgan fingerprint density at radius 1 is 1.24 bits per heavy atom. The molecule has 3 unspecified atom stereocenters. The summed E-state index contributed by atoms with van der Waals surface area (Å²) in [5.74, 6) is 0.558. The number of hydrogen-bond donors (Lipinski definition) is 1. The zero-order valence-electron chi connectivity index (χ0n) is 21.8. The van der Waals surface area contributed by atoms with Gasteiger partial charge in [-0.3, -0.25) is 4.79 Å². The molecule has 5 nitrogen and oxygen atoms in total. The fraction of sp³-hybridized carbons (Fsp3) is 0.643. The zero-order valence-corrected chi connectivity index (χ0v) is 22.8. The number of aliphatic hydroxyl groups is 1. The van der Waals surface area contributed by atoms with Gasteiger partial charge in [-0.1, -0.05) is 33.8 Å². The van der Waals surface area contributed by atoms with Crippen molar-refractivity contribution in [1.82, 2.24) is 0 Å². The first-order valence-electron chi connectivity index (χ1n) is 12.8. The van der Waals surface area contributed by atoms with Crippen molar-refractivity contribution < 1.29 is 23.9 Å². The second-order valence-electron chi connectivity index (χ2n) is 12.2. The monoisotopic (exact) mass is 484 g/mol. The first-order chi connectivity index (χ1) is 15.8. The van der Waals surface area contributed by atoms with Gasteiger partial charge in [0.25, 0.3) is 0 Å². The first kappa shape index (κ1) is 25.0. The molecule has 0 radical (unpaired) electrons. The van der Waals surface area contributed by atoms with Crippen LogP contribution in [0.15, 0.2) is 29.5 Å². The van der Waals surface area contributed by atoms with Crippen LogP contribution in [0.5, 0.6) is 5.75 Å². The number of carbonyl (C=O) groups is 2. The predicted octanol–water partition coefficient (Wildman–Crippen LogP) is 6.48. The molecule has 0 saturated heterocycles. The molecule has 6 heteroatoms. The highest BCUT2D eigenvalue weighted by Crippen LogP contribution is 2.61. The Morgan fingerprint density at radius 2 is 1.94 bits per heavy atom. The molecule has 4 rings (SSSR count). The number of fused-ring (bicyclic) bond motifs is 5. The second kappa shape index (κ2) is 8.54. The molecule has 0 spiro atoms. The van der Waals surface area contributed by atoms with Crippen LogP contribution in [0, 0.1) is 17.3 Å². The lowest BCUT2D eigenvalue weighted by atomic mass is 9.55. The third kappa shape index (κ3) is 4.02. The number of aryl methyl sites for hydroxylation is 1. The lowest BCUT2D eigenvalue weighted by Gasteiger charge is -2.48. The van der Waals surface area contributed by atoms with Gasteiger partial charge in [-0.25, -0.2) is 4.79 Å². The number of ether oxygens (including phenoxy) is 1. The van der Waals surface area contributed by atoms with Crippen LogP contribution in [0.1, 0.15) is 77.3 Å². The van der Waals surface area contributed by atoms with Gasteiger partial charge in [0.05, 0.1) is 6.61 Å². The van der Waals surface area contributed by atoms with E-state index in [0.717, 1.165) is 31.4 Å². The topological polar surface area (TPSA) is 72.8 Å². The van der Waals surface area contributed by atoms with Gasteiger partial charge in [-0.2, -0.15) is 0 Å². The van der Waals surface area contributed by atoms with E-state index >= 15 is 0 Å². The van der Waals surface area contributed by atoms with Crippen LogP contribution in [0.4, 0.5) is 0 Å². The highest BCUT2D eigenvalue weighted by Gasteiger charge is 2.57. The minimum Gasteiger partial charge on any atom is -0.543 e. The summed E-state index contributed by atoms with van der Waals surface area (Å²) in [5.41, 5.74) is 2.52. The van der Waals surface area contributed by atoms with Crippen molar-refractivity contribution >= 4 is 20.1 Å². The molecule has 0 aliphatic heterocycles. The molecule has 3 aliphatic rings. The molecule has 0 bridgehead atoms. The van der Waals surface area contributed by atoms with Crippen molar-refractivity contribution in [3.8, 4) is 5.75 Å². The summed E-state index contributed by atoms with van der Waals surface area (Å²) < 4.78 is 11.5. The SMILES string of the molecule is CCOC(=O)/C(O)=C1\CC2C3CCc4cc(O[Si](C)(C)C(C)(C)C)ccc4C3CC[C@]2(C)C1=O. The Bertz CT molecular complexity index is 1030. The summed E-state index contributed by atoms with van der Waals surface area (Å²) in [5, 5.41) is 10.6. The maximum atomic E-state index is 13.4. The van der Waals surface area contributed by atoms with Crippen molar-refractivity contribution in [2.75, 3.05) is 6.61 Å². The number of aliphatic hydroxyl groups excluding tert-OH is 1. The molecule has 0 heterocycles. The van der Waals surface area contributed by atoms with E-state index in [4.69, 9.17) is 9.16 Å². The van der Waals surface area contributed by atoms with E-state index in [1.807, 2.05) is 6.92 Å². The summed E-state index contributed by atoms with van der Waals surface area (Å²) >= 11 is 0. The summed E-state index contributed by atoms with van der Waals surface area (Å²) in [6.07, 6.45) is 4.17. The maximum absolute atomic E-state index is 13.4. The largest absolute Gasteiger partial charge is 0.543 e. The van der Waals surface area contributed by atoms with Gasteiger partial charge >= 0.3 is 5.97 Å². The molecule has 4 atom stereocenters. The van der Waals surface area contributed by atoms with Gasteiger partial charge in [0, 0.05) is 11.0 Å². The van der Waals surface area contributed by atoms with E-state index in [9.17, 15) is 14.7 Å². The van der Waals surface area contributed by atoms with E-state index in [1.54, 1.807) is 6.92 Å². The van der Waals surface area contributed by atoms with E-state index in [2.05, 4.69) is 52.1 Å². The molecular weight excluding hydrogens is 444 g/mol. The lowest BCUT2D eigenvalue weighted by Crippen LogP contribution is -2.44. The van der Waals surface area contributed by atoms with Gasteiger partial charge in [0.2, 0.25) is 14.1 Å². The first-order valence-corrected chi connectivity index (χ1v) is 15.7. The molecule has 186 valence electrons. The number of esters is 1. The van der Waals surface area contributed by atoms with E-state index in [-0.39, 0.29) is 28.9 Å². The minimum atomic E-state index is -1.90. The van der Waals surface area contributed by atoms with Gasteiger partial charge in [-0.15, -0.1) is 0 Å². The van der Waals surface area contributed by atoms with Gasteiger partial charge in [0.1, 0.15) is 5.75 Å². The normalized spacial score (nSPS) is 30.2. The zero-order chi connectivity index (χ0) is 25.1. The van der Waals surface area contributed by atoms with Crippen LogP contribution in [-0.4, -0.2) is 31.8 Å². The van der Waals surface area contributed by atoms with Crippen LogP contribution in [-0.2, 0) is 20.7 Å². The Kier molecular flexibility index (Phi) is 6.29. The minimum absolute atomic E-state index is 0.0644. The summed E-state index contributed by atoms with van der Waals surface area (Å²) in [4.78, 5) is 25.5. The highest BCUT2D eigenvalue weighted by molar-refractivity contribution is 6.74. The van der Waals surface area contributed by atoms with Crippen LogP contribution in [0.2, 0.25) is 18.1 Å². The molecule has 0 amide bonds. The molecule has 2 saturated carbocycles. The van der Waals surface area contributed by atoms with E-state index in [0.29, 0.717) is 18.3 Å². The van der Waals surface area contributed by atoms with Crippen molar-refractivity contribution in [3.63, 3.8) is 0 Å². The van der Waals surface area contributed by atoms with Crippen LogP contribution >= 0.6 is 0 Å². The van der Waals surface area contributed by atoms with Crippen LogP contribution in [0.3, 0.4) is 0 Å². The average Bonchev–Trinajstić information content (AvgIpc) is 3.03. The van der Waals surface area contributed by atoms with Crippen molar-refractivity contribution in [3.05, 3.63) is 40.7 Å². The highest BCUT2D eigenvalue weighted by atomic mass is 28.4. The molecular formula is C28H40O5Si. The van der Waals surface area contributed by atoms with Crippen molar-refractivity contribution in [2.24, 2.45) is 17.3 Å². The van der Waals surface area contributed by atoms with E-state index in [1.165, 1.54) is 11.1 Å². The third-order valence-electron chi connectivity index (χ3n) is 9.24. The fourth-order valence-corrected chi connectivity index (χ4v) is 7.26. The molecule has 1 N–H and O–H groups in total. The number of hydrogen-bond acceptors (Lipinski definition) is 5. The lowest BCUT2D eigenvalue weighted by molar-refractivity contribution is -0.142. The maximum Gasteiger partial charge on any atom is 0.373 e. The summed E-state index contributed by atoms with van der Waals surface area (Å²) in [6.45, 7) is 15.2. The Balaban J connectivity index is 1.60. The molecule has 2 fully saturated rings. The Labute approximate surface area is 205 Å². The molecule has 1 aromatic rings. The number of rotatable bonds is 4. The van der Waals surface area contributed by atoms with E-state index < -0.39 is 25.5 Å².